The quantitative estimate of drug-likeness (QED) is 0.0117. The van der Waals surface area contributed by atoms with Crippen molar-refractivity contribution in [3.05, 3.63) is 0 Å². The first-order chi connectivity index (χ1) is 37.4. The van der Waals surface area contributed by atoms with Crippen LogP contribution in [0.25, 0.3) is 0 Å². The SMILES string of the molecule is C[C@H](NC(=O)[C@H](CS)NC(=O)[C@H](CCCN=C(N)N)NC(=O)[C@H](CCCCN)NC(=O)[C@H](CC(=O)O)NC(=O)CNC(=O)[C@H](CCCN=C(N)N)NC(=O)[C@H](CCC(=O)O)NC(=O)CNC(=O)[C@@H](NC(=O)CN)C(C)(C)S)C(=O)O. The lowest BCUT2D eigenvalue weighted by atomic mass is 10.0. The number of nitrogens with two attached hydrogens (primary N) is 6. The van der Waals surface area contributed by atoms with Gasteiger partial charge in [-0.2, -0.15) is 25.3 Å². The zero-order chi connectivity index (χ0) is 61.3. The summed E-state index contributed by atoms with van der Waals surface area (Å²) >= 11 is 8.39. The number of aliphatic carboxylic acids is 3. The maximum Gasteiger partial charge on any atom is 0.325 e. The monoisotopic (exact) mass is 1180 g/mol. The maximum atomic E-state index is 13.9. The third-order valence-corrected chi connectivity index (χ3v) is 11.5. The highest BCUT2D eigenvalue weighted by Gasteiger charge is 2.36. The Morgan fingerprint density at radius 2 is 0.912 bits per heavy atom. The van der Waals surface area contributed by atoms with Crippen LogP contribution in [0.15, 0.2) is 9.98 Å². The minimum Gasteiger partial charge on any atom is -0.481 e. The molecular formula is C44H78N18O16S2. The van der Waals surface area contributed by atoms with E-state index in [0.717, 1.165) is 0 Å². The molecule has 0 aromatic carbocycles. The van der Waals surface area contributed by atoms with Crippen LogP contribution in [0.3, 0.4) is 0 Å². The molecule has 0 aliphatic carbocycles. The van der Waals surface area contributed by atoms with E-state index >= 15 is 0 Å². The van der Waals surface area contributed by atoms with Crippen molar-refractivity contribution < 1.29 is 77.6 Å². The predicted octanol–water partition coefficient (Wildman–Crippen LogP) is -8.63. The van der Waals surface area contributed by atoms with Crippen LogP contribution in [0.2, 0.25) is 0 Å². The number of amides is 10. The average Bonchev–Trinajstić information content (AvgIpc) is 3.36. The van der Waals surface area contributed by atoms with Crippen molar-refractivity contribution in [3.8, 4) is 0 Å². The van der Waals surface area contributed by atoms with Gasteiger partial charge in [0.15, 0.2) is 11.9 Å². The lowest BCUT2D eigenvalue weighted by molar-refractivity contribution is -0.142. The van der Waals surface area contributed by atoms with Crippen molar-refractivity contribution in [1.29, 1.82) is 0 Å². The fraction of sp³-hybridized carbons (Fsp3) is 0.659. The number of nitrogens with zero attached hydrogens (tertiary/aromatic N) is 2. The molecular weight excluding hydrogens is 1100 g/mol. The predicted molar refractivity (Wildman–Crippen MR) is 293 cm³/mol. The number of rotatable bonds is 40. The maximum absolute atomic E-state index is 13.9. The number of guanidine groups is 2. The van der Waals surface area contributed by atoms with Gasteiger partial charge in [-0.15, -0.1) is 0 Å². The zero-order valence-electron chi connectivity index (χ0n) is 44.5. The fourth-order valence-corrected chi connectivity index (χ4v) is 7.16. The van der Waals surface area contributed by atoms with Crippen LogP contribution in [0, 0.1) is 0 Å². The van der Waals surface area contributed by atoms with E-state index in [-0.39, 0.29) is 75.8 Å². The molecule has 25 N–H and O–H groups in total. The van der Waals surface area contributed by atoms with Gasteiger partial charge in [0.1, 0.15) is 48.3 Å². The Hall–Kier alpha value is -7.73. The Balaban J connectivity index is 6.52. The highest BCUT2D eigenvalue weighted by Crippen LogP contribution is 2.18. The number of hydrogen-bond acceptors (Lipinski definition) is 19. The van der Waals surface area contributed by atoms with E-state index in [0.29, 0.717) is 6.42 Å². The number of carbonyl (C=O) groups is 13. The van der Waals surface area contributed by atoms with E-state index in [4.69, 9.17) is 34.4 Å². The Kier molecular flexibility index (Phi) is 34.3. The Morgan fingerprint density at radius 3 is 1.32 bits per heavy atom. The molecule has 0 heterocycles. The molecule has 0 aromatic rings. The molecule has 0 aromatic heterocycles. The normalized spacial score (nSPS) is 13.9. The topological polar surface area (TPSA) is 584 Å². The van der Waals surface area contributed by atoms with Gasteiger partial charge in [0, 0.05) is 30.0 Å². The number of carboxylic acids is 3. The molecule has 0 aliphatic heterocycles. The fourth-order valence-electron chi connectivity index (χ4n) is 6.72. The van der Waals surface area contributed by atoms with Crippen LogP contribution < -0.4 is 87.6 Å². The highest BCUT2D eigenvalue weighted by molar-refractivity contribution is 7.81. The van der Waals surface area contributed by atoms with Crippen LogP contribution >= 0.6 is 25.3 Å². The van der Waals surface area contributed by atoms with Crippen LogP contribution in [-0.2, 0) is 62.3 Å². The molecule has 0 bridgehead atoms. The van der Waals surface area contributed by atoms with Crippen LogP contribution in [0.5, 0.6) is 0 Å². The van der Waals surface area contributed by atoms with Gasteiger partial charge >= 0.3 is 17.9 Å². The van der Waals surface area contributed by atoms with E-state index in [1.807, 2.05) is 0 Å². The summed E-state index contributed by atoms with van der Waals surface area (Å²) in [5.74, 6) is -15.2. The third kappa shape index (κ3) is 31.0. The Labute approximate surface area is 471 Å². The molecule has 10 amide bonds. The number of nitrogens with one attached hydrogen (secondary N) is 10. The average molecular weight is 1180 g/mol. The second kappa shape index (κ2) is 38.0. The molecule has 452 valence electrons. The van der Waals surface area contributed by atoms with Crippen molar-refractivity contribution in [2.75, 3.05) is 45.0 Å². The van der Waals surface area contributed by atoms with Crippen molar-refractivity contribution in [2.24, 2.45) is 44.4 Å². The summed E-state index contributed by atoms with van der Waals surface area (Å²) in [6.07, 6.45) is -2.20. The molecule has 0 rings (SSSR count). The van der Waals surface area contributed by atoms with Gasteiger partial charge in [-0.3, -0.25) is 72.3 Å². The number of carboxylic acid groups (broad SMARTS) is 3. The van der Waals surface area contributed by atoms with Crippen molar-refractivity contribution >= 4 is 114 Å². The summed E-state index contributed by atoms with van der Waals surface area (Å²) in [5.41, 5.74) is 32.6. The van der Waals surface area contributed by atoms with Gasteiger partial charge in [-0.25, -0.2) is 0 Å². The first-order valence-corrected chi connectivity index (χ1v) is 25.9. The van der Waals surface area contributed by atoms with Gasteiger partial charge in [-0.1, -0.05) is 0 Å². The van der Waals surface area contributed by atoms with Crippen molar-refractivity contribution in [3.63, 3.8) is 0 Å². The third-order valence-electron chi connectivity index (χ3n) is 10.9. The van der Waals surface area contributed by atoms with Gasteiger partial charge in [0.2, 0.25) is 59.1 Å². The summed E-state index contributed by atoms with van der Waals surface area (Å²) in [4.78, 5) is 175. The zero-order valence-corrected chi connectivity index (χ0v) is 46.3. The van der Waals surface area contributed by atoms with Crippen LogP contribution in [0.1, 0.15) is 85.0 Å². The molecule has 34 nitrogen and oxygen atoms in total. The number of carbonyl (C=O) groups excluding carboxylic acids is 10. The smallest absolute Gasteiger partial charge is 0.325 e. The molecule has 0 saturated heterocycles. The lowest BCUT2D eigenvalue weighted by Gasteiger charge is -2.29. The van der Waals surface area contributed by atoms with Gasteiger partial charge in [0.05, 0.1) is 26.1 Å². The summed E-state index contributed by atoms with van der Waals surface area (Å²) in [6, 6.07) is -12.1. The van der Waals surface area contributed by atoms with Gasteiger partial charge in [-0.05, 0) is 78.7 Å². The van der Waals surface area contributed by atoms with E-state index in [1.54, 1.807) is 0 Å². The molecule has 8 atom stereocenters. The molecule has 0 unspecified atom stereocenters. The van der Waals surface area contributed by atoms with Gasteiger partial charge < -0.3 is 103 Å². The minimum absolute atomic E-state index is 0.00946. The number of thiol groups is 2. The molecule has 36 heteroatoms. The number of unbranched alkanes of at least 4 members (excludes halogenated alkanes) is 1. The van der Waals surface area contributed by atoms with E-state index in [1.165, 1.54) is 20.8 Å². The summed E-state index contributed by atoms with van der Waals surface area (Å²) in [5, 5.41) is 51.4. The molecule has 0 aliphatic rings. The van der Waals surface area contributed by atoms with E-state index < -0.39 is 169 Å². The largest absolute Gasteiger partial charge is 0.481 e. The molecule has 0 fully saturated rings. The second-order valence-corrected chi connectivity index (χ2v) is 19.8. The number of aliphatic imine (C=N–C) groups is 2. The molecule has 0 spiro atoms. The first kappa shape index (κ1) is 72.3. The number of hydrogen-bond donors (Lipinski definition) is 21. The summed E-state index contributed by atoms with van der Waals surface area (Å²) in [6.45, 7) is 2.02. The van der Waals surface area contributed by atoms with Gasteiger partial charge in [0.25, 0.3) is 0 Å². The molecule has 0 radical (unpaired) electrons. The Morgan fingerprint density at radius 1 is 0.500 bits per heavy atom. The van der Waals surface area contributed by atoms with E-state index in [9.17, 15) is 77.6 Å². The molecule has 80 heavy (non-hydrogen) atoms. The van der Waals surface area contributed by atoms with Crippen molar-refractivity contribution in [2.45, 2.75) is 138 Å². The standard InChI is InChI=1S/C44H78N18O16S2/c1-21(41(77)78)55-39(75)27(20-79)61-36(72)24(10-7-15-52-43(49)50)59-35(71)23(8-4-5-13-45)60-38(74)26(16-32(68)69)57-30(65)18-53-34(70)22(9-6-14-51-42(47)48)58-37(73)25(11-12-31(66)67)56-29(64)19-54-40(76)33(44(2,3)80)62-28(63)17-46/h21-27,33,79-80H,4-20,45-46H2,1-3H3,(H,53,70)(H,54,76)(H,55,75)(H,56,64)(H,57,65)(H,58,73)(H,59,71)(H,60,74)(H,61,72)(H,62,63)(H,66,67)(H,68,69)(H,77,78)(H4,47,48,51)(H4,49,50,52)/t21-,22-,23-,24-,25-,26-,27-,33+/m0/s1. The highest BCUT2D eigenvalue weighted by atomic mass is 32.1. The summed E-state index contributed by atoms with van der Waals surface area (Å²) in [7, 11) is 0. The lowest BCUT2D eigenvalue weighted by Crippen LogP contribution is -2.59. The molecule has 0 saturated carbocycles. The first-order valence-electron chi connectivity index (χ1n) is 24.8. The van der Waals surface area contributed by atoms with E-state index in [2.05, 4.69) is 88.4 Å². The Bertz CT molecular complexity index is 2230. The van der Waals surface area contributed by atoms with Crippen LogP contribution in [0.4, 0.5) is 0 Å². The van der Waals surface area contributed by atoms with Crippen molar-refractivity contribution in [1.82, 2.24) is 53.2 Å². The minimum atomic E-state index is -1.92. The summed E-state index contributed by atoms with van der Waals surface area (Å²) < 4.78 is -1.15. The second-order valence-electron chi connectivity index (χ2n) is 18.2. The van der Waals surface area contributed by atoms with Crippen LogP contribution in [-0.4, -0.2) is 202 Å².